The highest BCUT2D eigenvalue weighted by molar-refractivity contribution is 8.81. The Hall–Kier alpha value is -1.67. The maximum absolute atomic E-state index is 11.8. The van der Waals surface area contributed by atoms with Gasteiger partial charge in [-0.05, 0) is 5.56 Å². The summed E-state index contributed by atoms with van der Waals surface area (Å²) in [5, 5.41) is 2.03. The van der Waals surface area contributed by atoms with Crippen LogP contribution in [0.1, 0.15) is 12.0 Å². The minimum atomic E-state index is -1.05. The van der Waals surface area contributed by atoms with Gasteiger partial charge in [-0.2, -0.15) is 0 Å². The molecule has 1 aromatic rings. The summed E-state index contributed by atoms with van der Waals surface area (Å²) < 4.78 is 9.04. The van der Waals surface area contributed by atoms with Crippen LogP contribution in [0.25, 0.3) is 0 Å². The molecule has 0 saturated heterocycles. The highest BCUT2D eigenvalue weighted by Gasteiger charge is 2.25. The molecule has 8 heteroatoms. The van der Waals surface area contributed by atoms with E-state index in [4.69, 9.17) is 0 Å². The van der Waals surface area contributed by atoms with Crippen molar-refractivity contribution >= 4 is 38.8 Å². The van der Waals surface area contributed by atoms with Crippen LogP contribution in [0.5, 0.6) is 0 Å². The lowest BCUT2D eigenvalue weighted by molar-refractivity contribution is -0.149. The van der Waals surface area contributed by atoms with Gasteiger partial charge < -0.3 is 14.8 Å². The Bertz CT molecular complexity index is 509. The quantitative estimate of drug-likeness (QED) is 0.601. The molecule has 6 nitrogen and oxygen atoms in total. The zero-order valence-corrected chi connectivity index (χ0v) is 13.9. The average molecular weight is 343 g/mol. The van der Waals surface area contributed by atoms with Crippen LogP contribution in [-0.4, -0.2) is 37.4 Å². The van der Waals surface area contributed by atoms with Crippen molar-refractivity contribution in [3.63, 3.8) is 0 Å². The first-order chi connectivity index (χ1) is 10.6. The summed E-state index contributed by atoms with van der Waals surface area (Å²) in [6.45, 7) is 0. The lowest BCUT2D eigenvalue weighted by Gasteiger charge is -2.14. The van der Waals surface area contributed by atoms with Gasteiger partial charge in [0.15, 0.2) is 0 Å². The molecule has 1 aromatic carbocycles. The fraction of sp³-hybridized carbons (Fsp3) is 0.357. The zero-order chi connectivity index (χ0) is 16.4. The number of benzene rings is 1. The first-order valence-corrected chi connectivity index (χ1v) is 8.67. The normalized spacial score (nSPS) is 11.4. The van der Waals surface area contributed by atoms with Crippen molar-refractivity contribution in [3.8, 4) is 0 Å². The van der Waals surface area contributed by atoms with E-state index in [1.165, 1.54) is 25.0 Å². The molecule has 0 fully saturated rings. The number of methoxy groups -OCH3 is 2. The van der Waals surface area contributed by atoms with Crippen LogP contribution in [0.15, 0.2) is 30.3 Å². The minimum absolute atomic E-state index is 0.265. The molecule has 0 aliphatic rings. The summed E-state index contributed by atoms with van der Waals surface area (Å²) in [6.07, 6.45) is -0.265. The summed E-state index contributed by atoms with van der Waals surface area (Å²) in [5.41, 5.74) is 1.09. The monoisotopic (exact) mass is 343 g/mol. The predicted molar refractivity (Wildman–Crippen MR) is 86.3 cm³/mol. The van der Waals surface area contributed by atoms with Crippen LogP contribution in [0.3, 0.4) is 0 Å². The van der Waals surface area contributed by atoms with Crippen molar-refractivity contribution in [3.05, 3.63) is 35.9 Å². The van der Waals surface area contributed by atoms with Crippen LogP contribution in [0, 0.1) is 0 Å². The molecule has 0 spiro atoms. The SMILES string of the molecule is COC(=O)CC(NC(=O)SSCc1ccccc1)C(=O)OC. The predicted octanol–water partition coefficient (Wildman–Crippen LogP) is 2.38. The Morgan fingerprint density at radius 3 is 2.41 bits per heavy atom. The smallest absolute Gasteiger partial charge is 0.328 e. The molecule has 1 N–H and O–H groups in total. The summed E-state index contributed by atoms with van der Waals surface area (Å²) in [7, 11) is 4.71. The third-order valence-corrected chi connectivity index (χ3v) is 4.58. The van der Waals surface area contributed by atoms with E-state index in [1.807, 2.05) is 30.3 Å². The molecular formula is C14H17NO5S2. The molecule has 1 rings (SSSR count). The second kappa shape index (κ2) is 10.1. The largest absolute Gasteiger partial charge is 0.469 e. The molecule has 0 aromatic heterocycles. The first kappa shape index (κ1) is 18.4. The number of amides is 1. The Labute approximate surface area is 136 Å². The summed E-state index contributed by atoms with van der Waals surface area (Å²) in [5.74, 6) is -0.635. The Kier molecular flexibility index (Phi) is 8.46. The van der Waals surface area contributed by atoms with Crippen molar-refractivity contribution in [2.45, 2.75) is 18.2 Å². The molecule has 22 heavy (non-hydrogen) atoms. The molecule has 0 aliphatic carbocycles. The number of hydrogen-bond donors (Lipinski definition) is 1. The van der Waals surface area contributed by atoms with Gasteiger partial charge >= 0.3 is 11.9 Å². The molecular weight excluding hydrogens is 326 g/mol. The van der Waals surface area contributed by atoms with Crippen molar-refractivity contribution in [2.24, 2.45) is 0 Å². The van der Waals surface area contributed by atoms with Crippen molar-refractivity contribution < 1.29 is 23.9 Å². The van der Waals surface area contributed by atoms with Crippen LogP contribution in [0.4, 0.5) is 4.79 Å². The van der Waals surface area contributed by atoms with Crippen molar-refractivity contribution in [1.29, 1.82) is 0 Å². The van der Waals surface area contributed by atoms with E-state index >= 15 is 0 Å². The standard InChI is InChI=1S/C14H17NO5S2/c1-19-12(16)8-11(13(17)20-2)15-14(18)22-21-9-10-6-4-3-5-7-10/h3-7,11H,8-9H2,1-2H3,(H,15,18). The van der Waals surface area contributed by atoms with Gasteiger partial charge in [-0.1, -0.05) is 41.1 Å². The second-order valence-electron chi connectivity index (χ2n) is 4.12. The van der Waals surface area contributed by atoms with Crippen molar-refractivity contribution in [2.75, 3.05) is 14.2 Å². The van der Waals surface area contributed by atoms with Crippen molar-refractivity contribution in [1.82, 2.24) is 5.32 Å². The molecule has 1 amide bonds. The van der Waals surface area contributed by atoms with Crippen LogP contribution in [0.2, 0.25) is 0 Å². The molecule has 1 atom stereocenters. The van der Waals surface area contributed by atoms with Gasteiger partial charge in [0.25, 0.3) is 5.24 Å². The number of hydrogen-bond acceptors (Lipinski definition) is 7. The lowest BCUT2D eigenvalue weighted by Crippen LogP contribution is -2.41. The summed E-state index contributed by atoms with van der Waals surface area (Å²) in [6, 6.07) is 8.63. The molecule has 1 unspecified atom stereocenters. The minimum Gasteiger partial charge on any atom is -0.469 e. The highest BCUT2D eigenvalue weighted by Crippen LogP contribution is 2.26. The zero-order valence-electron chi connectivity index (χ0n) is 12.2. The van der Waals surface area contributed by atoms with Gasteiger partial charge in [-0.15, -0.1) is 0 Å². The first-order valence-electron chi connectivity index (χ1n) is 6.35. The fourth-order valence-electron chi connectivity index (χ4n) is 1.48. The third kappa shape index (κ3) is 6.86. The molecule has 0 bridgehead atoms. The number of carbonyl (C=O) groups excluding carboxylic acids is 3. The van der Waals surface area contributed by atoms with E-state index in [2.05, 4.69) is 14.8 Å². The van der Waals surface area contributed by atoms with Gasteiger partial charge in [0, 0.05) is 16.5 Å². The topological polar surface area (TPSA) is 81.7 Å². The van der Waals surface area contributed by atoms with E-state index in [1.54, 1.807) is 0 Å². The molecule has 0 aliphatic heterocycles. The van der Waals surface area contributed by atoms with E-state index in [9.17, 15) is 14.4 Å². The second-order valence-corrected chi connectivity index (χ2v) is 6.39. The van der Waals surface area contributed by atoms with Gasteiger partial charge in [-0.3, -0.25) is 9.59 Å². The van der Waals surface area contributed by atoms with Gasteiger partial charge in [0.2, 0.25) is 0 Å². The van der Waals surface area contributed by atoms with E-state index in [0.29, 0.717) is 5.75 Å². The van der Waals surface area contributed by atoms with Crippen LogP contribution in [-0.2, 0) is 24.8 Å². The van der Waals surface area contributed by atoms with Crippen LogP contribution < -0.4 is 5.32 Å². The van der Waals surface area contributed by atoms with E-state index < -0.39 is 23.2 Å². The maximum atomic E-state index is 11.8. The molecule has 0 saturated carbocycles. The third-order valence-electron chi connectivity index (χ3n) is 2.58. The number of ether oxygens (including phenoxy) is 2. The van der Waals surface area contributed by atoms with Gasteiger partial charge in [0.05, 0.1) is 20.6 Å². The number of nitrogens with one attached hydrogen (secondary N) is 1. The van der Waals surface area contributed by atoms with Gasteiger partial charge in [-0.25, -0.2) is 4.79 Å². The summed E-state index contributed by atoms with van der Waals surface area (Å²) >= 11 is 0. The Balaban J connectivity index is 2.42. The number of rotatable bonds is 7. The Morgan fingerprint density at radius 1 is 1.14 bits per heavy atom. The average Bonchev–Trinajstić information content (AvgIpc) is 2.54. The molecule has 0 radical (unpaired) electrons. The highest BCUT2D eigenvalue weighted by atomic mass is 33.1. The fourth-order valence-corrected chi connectivity index (χ4v) is 3.21. The van der Waals surface area contributed by atoms with E-state index in [0.717, 1.165) is 16.4 Å². The number of esters is 2. The molecule has 120 valence electrons. The summed E-state index contributed by atoms with van der Waals surface area (Å²) in [4.78, 5) is 34.6. The maximum Gasteiger partial charge on any atom is 0.328 e. The van der Waals surface area contributed by atoms with E-state index in [-0.39, 0.29) is 6.42 Å². The lowest BCUT2D eigenvalue weighted by atomic mass is 10.2. The van der Waals surface area contributed by atoms with Crippen LogP contribution >= 0.6 is 21.6 Å². The molecule has 0 heterocycles. The Morgan fingerprint density at radius 2 is 1.82 bits per heavy atom. The number of carbonyl (C=O) groups is 3. The van der Waals surface area contributed by atoms with Gasteiger partial charge in [0.1, 0.15) is 6.04 Å².